The Bertz CT molecular complexity index is 1130. The Kier molecular flexibility index (Phi) is 4.50. The number of aliphatic hydroxyl groups is 1. The number of carbonyl (C=O) groups excluding carboxylic acids is 1. The zero-order valence-electron chi connectivity index (χ0n) is 17.5. The van der Waals surface area contributed by atoms with Gasteiger partial charge >= 0.3 is 0 Å². The van der Waals surface area contributed by atoms with E-state index in [2.05, 4.69) is 41.5 Å². The highest BCUT2D eigenvalue weighted by Gasteiger charge is 2.31. The van der Waals surface area contributed by atoms with Crippen molar-refractivity contribution in [2.75, 3.05) is 26.7 Å². The number of aliphatic hydroxyl groups excluding tert-OH is 1. The minimum Gasteiger partial charge on any atom is -0.374 e. The number of likely N-dealkylation sites (N-methyl/N-ethyl adjacent to an activating group) is 1. The number of aryl methyl sites for hydroxylation is 1. The summed E-state index contributed by atoms with van der Waals surface area (Å²) >= 11 is 0. The fourth-order valence-electron chi connectivity index (χ4n) is 5.33. The minimum atomic E-state index is -0.554. The first-order valence-electron chi connectivity index (χ1n) is 10.8. The fourth-order valence-corrected chi connectivity index (χ4v) is 5.33. The van der Waals surface area contributed by atoms with Crippen molar-refractivity contribution in [3.63, 3.8) is 0 Å². The molecule has 1 N–H and O–H groups in total. The van der Waals surface area contributed by atoms with Gasteiger partial charge in [0.05, 0.1) is 0 Å². The van der Waals surface area contributed by atoms with Crippen molar-refractivity contribution < 1.29 is 9.90 Å². The highest BCUT2D eigenvalue weighted by molar-refractivity contribution is 6.16. The smallest absolute Gasteiger partial charge is 0.163 e. The molecule has 0 fully saturated rings. The summed E-state index contributed by atoms with van der Waals surface area (Å²) in [4.78, 5) is 16.8. The normalized spacial score (nSPS) is 19.1. The zero-order chi connectivity index (χ0) is 20.3. The van der Waals surface area contributed by atoms with Crippen LogP contribution in [0.3, 0.4) is 0 Å². The molecule has 152 valence electrons. The van der Waals surface area contributed by atoms with Crippen LogP contribution >= 0.6 is 0 Å². The molecule has 2 aromatic carbocycles. The zero-order valence-corrected chi connectivity index (χ0v) is 17.5. The molecule has 1 aliphatic heterocycles. The summed E-state index contributed by atoms with van der Waals surface area (Å²) in [6.07, 6.45) is 0.878. The summed E-state index contributed by atoms with van der Waals surface area (Å²) in [6.45, 7) is 9.16. The van der Waals surface area contributed by atoms with Crippen LogP contribution in [0.1, 0.15) is 53.5 Å². The SMILES string of the molecule is CCN(CC)CCn1c2ccc3c(c2c2c4c(ccc21)C(O)N(C)C4)CCC3=O. The molecule has 2 heterocycles. The first-order valence-corrected chi connectivity index (χ1v) is 10.8. The van der Waals surface area contributed by atoms with Crippen molar-refractivity contribution in [1.29, 1.82) is 0 Å². The Labute approximate surface area is 171 Å². The monoisotopic (exact) mass is 391 g/mol. The van der Waals surface area contributed by atoms with Gasteiger partial charge in [0.25, 0.3) is 0 Å². The lowest BCUT2D eigenvalue weighted by atomic mass is 9.98. The molecule has 5 rings (SSSR count). The lowest BCUT2D eigenvalue weighted by Crippen LogP contribution is -2.26. The number of nitrogens with zero attached hydrogens (tertiary/aromatic N) is 3. The summed E-state index contributed by atoms with van der Waals surface area (Å²) < 4.78 is 2.43. The molecule has 3 aromatic rings. The first kappa shape index (κ1) is 18.8. The summed E-state index contributed by atoms with van der Waals surface area (Å²) in [5.41, 5.74) is 6.77. The van der Waals surface area contributed by atoms with Gasteiger partial charge < -0.3 is 14.6 Å². The summed E-state index contributed by atoms with van der Waals surface area (Å²) in [5, 5.41) is 13.1. The summed E-state index contributed by atoms with van der Waals surface area (Å²) in [7, 11) is 1.96. The number of aromatic nitrogens is 1. The van der Waals surface area contributed by atoms with Gasteiger partial charge in [-0.15, -0.1) is 0 Å². The number of carbonyl (C=O) groups is 1. The van der Waals surface area contributed by atoms with Gasteiger partial charge in [0.1, 0.15) is 6.23 Å². The quantitative estimate of drug-likeness (QED) is 0.720. The van der Waals surface area contributed by atoms with Gasteiger partial charge in [0.2, 0.25) is 0 Å². The van der Waals surface area contributed by atoms with E-state index in [1.54, 1.807) is 0 Å². The van der Waals surface area contributed by atoms with E-state index in [1.807, 2.05) is 18.0 Å². The van der Waals surface area contributed by atoms with Crippen molar-refractivity contribution in [1.82, 2.24) is 14.4 Å². The minimum absolute atomic E-state index is 0.260. The van der Waals surface area contributed by atoms with Gasteiger partial charge in [-0.3, -0.25) is 9.69 Å². The van der Waals surface area contributed by atoms with Crippen LogP contribution in [0.25, 0.3) is 21.8 Å². The van der Waals surface area contributed by atoms with E-state index in [-0.39, 0.29) is 5.78 Å². The average Bonchev–Trinajstić information content (AvgIpc) is 3.35. The Balaban J connectivity index is 1.79. The maximum Gasteiger partial charge on any atom is 0.163 e. The van der Waals surface area contributed by atoms with Crippen LogP contribution < -0.4 is 0 Å². The number of benzene rings is 2. The topological polar surface area (TPSA) is 48.7 Å². The van der Waals surface area contributed by atoms with E-state index in [1.165, 1.54) is 32.9 Å². The third-order valence-corrected chi connectivity index (χ3v) is 6.99. The second-order valence-corrected chi connectivity index (χ2v) is 8.40. The van der Waals surface area contributed by atoms with Crippen molar-refractivity contribution in [3.8, 4) is 0 Å². The van der Waals surface area contributed by atoms with Crippen LogP contribution in [0.4, 0.5) is 0 Å². The van der Waals surface area contributed by atoms with Crippen LogP contribution in [-0.2, 0) is 19.5 Å². The van der Waals surface area contributed by atoms with Crippen molar-refractivity contribution in [3.05, 3.63) is 46.5 Å². The van der Waals surface area contributed by atoms with Gasteiger partial charge in [0, 0.05) is 59.0 Å². The molecule has 0 amide bonds. The molecule has 0 bridgehead atoms. The molecular weight excluding hydrogens is 362 g/mol. The summed E-state index contributed by atoms with van der Waals surface area (Å²) in [5.74, 6) is 0.260. The Morgan fingerprint density at radius 1 is 1.03 bits per heavy atom. The number of hydrogen-bond acceptors (Lipinski definition) is 4. The number of rotatable bonds is 5. The Hall–Kier alpha value is -2.21. The molecule has 5 heteroatoms. The molecule has 1 aromatic heterocycles. The molecule has 5 nitrogen and oxygen atoms in total. The Morgan fingerprint density at radius 3 is 2.45 bits per heavy atom. The van der Waals surface area contributed by atoms with Crippen LogP contribution in [0.15, 0.2) is 24.3 Å². The standard InChI is InChI=1S/C24H29N3O2/c1-4-26(5-2)12-13-27-19-9-6-15-16(8-11-21(15)28)22(19)23-18-14-25(3)24(29)17(18)7-10-20(23)27/h6-7,9-10,24,29H,4-5,8,11-14H2,1-3H3. The van der Waals surface area contributed by atoms with E-state index < -0.39 is 6.23 Å². The predicted octanol–water partition coefficient (Wildman–Crippen LogP) is 3.70. The lowest BCUT2D eigenvalue weighted by Gasteiger charge is -2.19. The molecule has 0 saturated heterocycles. The first-order chi connectivity index (χ1) is 14.0. The molecular formula is C24H29N3O2. The maximum atomic E-state index is 12.4. The summed E-state index contributed by atoms with van der Waals surface area (Å²) in [6, 6.07) is 8.42. The number of ketones is 1. The van der Waals surface area contributed by atoms with Gasteiger partial charge in [0.15, 0.2) is 5.78 Å². The number of Topliss-reactive ketones (excluding diaryl/α,β-unsaturated/α-hetero) is 1. The number of fused-ring (bicyclic) bond motifs is 7. The van der Waals surface area contributed by atoms with Crippen LogP contribution in [-0.4, -0.2) is 51.9 Å². The van der Waals surface area contributed by atoms with Crippen LogP contribution in [0.2, 0.25) is 0 Å². The van der Waals surface area contributed by atoms with Gasteiger partial charge in [-0.1, -0.05) is 19.9 Å². The van der Waals surface area contributed by atoms with E-state index in [0.29, 0.717) is 6.42 Å². The predicted molar refractivity (Wildman–Crippen MR) is 116 cm³/mol. The van der Waals surface area contributed by atoms with E-state index in [9.17, 15) is 9.90 Å². The molecule has 1 unspecified atom stereocenters. The molecule has 0 radical (unpaired) electrons. The average molecular weight is 392 g/mol. The third kappa shape index (κ3) is 2.68. The second kappa shape index (κ2) is 6.94. The lowest BCUT2D eigenvalue weighted by molar-refractivity contribution is 0.0338. The highest BCUT2D eigenvalue weighted by Crippen LogP contribution is 2.43. The van der Waals surface area contributed by atoms with Gasteiger partial charge in [-0.25, -0.2) is 0 Å². The van der Waals surface area contributed by atoms with Crippen LogP contribution in [0.5, 0.6) is 0 Å². The number of hydrogen-bond donors (Lipinski definition) is 1. The molecule has 1 atom stereocenters. The van der Waals surface area contributed by atoms with E-state index in [0.717, 1.165) is 50.3 Å². The van der Waals surface area contributed by atoms with Crippen molar-refractivity contribution in [2.45, 2.75) is 46.0 Å². The highest BCUT2D eigenvalue weighted by atomic mass is 16.3. The molecule has 1 aliphatic carbocycles. The van der Waals surface area contributed by atoms with Crippen molar-refractivity contribution >= 4 is 27.6 Å². The van der Waals surface area contributed by atoms with Crippen molar-refractivity contribution in [2.24, 2.45) is 0 Å². The fraction of sp³-hybridized carbons (Fsp3) is 0.458. The molecule has 0 saturated carbocycles. The second-order valence-electron chi connectivity index (χ2n) is 8.40. The largest absolute Gasteiger partial charge is 0.374 e. The van der Waals surface area contributed by atoms with Gasteiger partial charge in [-0.2, -0.15) is 0 Å². The van der Waals surface area contributed by atoms with Gasteiger partial charge in [-0.05, 0) is 55.9 Å². The van der Waals surface area contributed by atoms with Crippen LogP contribution in [0, 0.1) is 0 Å². The molecule has 0 spiro atoms. The van der Waals surface area contributed by atoms with E-state index >= 15 is 0 Å². The van der Waals surface area contributed by atoms with E-state index in [4.69, 9.17) is 0 Å². The Morgan fingerprint density at radius 2 is 1.72 bits per heavy atom. The molecule has 29 heavy (non-hydrogen) atoms. The maximum absolute atomic E-state index is 12.4. The third-order valence-electron chi connectivity index (χ3n) is 6.99. The molecule has 2 aliphatic rings.